The lowest BCUT2D eigenvalue weighted by Gasteiger charge is -2.07. The van der Waals surface area contributed by atoms with E-state index in [2.05, 4.69) is 15.3 Å². The number of halogens is 1. The van der Waals surface area contributed by atoms with Crippen molar-refractivity contribution in [2.75, 3.05) is 5.32 Å². The summed E-state index contributed by atoms with van der Waals surface area (Å²) in [5.74, 6) is 0. The Labute approximate surface area is 99.3 Å². The SMILES string of the molecule is Cc1cc(NCc2cncn2C)cnc1Cl. The second-order valence-electron chi connectivity index (χ2n) is 3.68. The maximum atomic E-state index is 5.85. The highest BCUT2D eigenvalue weighted by molar-refractivity contribution is 6.30. The zero-order chi connectivity index (χ0) is 11.5. The van der Waals surface area contributed by atoms with Crippen LogP contribution in [0.1, 0.15) is 11.3 Å². The van der Waals surface area contributed by atoms with Crippen molar-refractivity contribution in [3.05, 3.63) is 41.2 Å². The van der Waals surface area contributed by atoms with Gasteiger partial charge in [0.15, 0.2) is 0 Å². The number of imidazole rings is 1. The first kappa shape index (κ1) is 11.0. The summed E-state index contributed by atoms with van der Waals surface area (Å²) in [6.07, 6.45) is 5.34. The number of hydrogen-bond acceptors (Lipinski definition) is 3. The van der Waals surface area contributed by atoms with Gasteiger partial charge in [-0.05, 0) is 18.6 Å². The third kappa shape index (κ3) is 2.33. The van der Waals surface area contributed by atoms with Crippen LogP contribution in [0.5, 0.6) is 0 Å². The van der Waals surface area contributed by atoms with Gasteiger partial charge in [0.25, 0.3) is 0 Å². The first-order chi connectivity index (χ1) is 7.66. The quantitative estimate of drug-likeness (QED) is 0.833. The molecule has 2 aromatic rings. The molecule has 0 aliphatic heterocycles. The number of anilines is 1. The van der Waals surface area contributed by atoms with Gasteiger partial charge in [-0.25, -0.2) is 9.97 Å². The molecule has 0 aliphatic carbocycles. The van der Waals surface area contributed by atoms with Crippen molar-refractivity contribution in [2.45, 2.75) is 13.5 Å². The van der Waals surface area contributed by atoms with Crippen LogP contribution >= 0.6 is 11.6 Å². The Kier molecular flexibility index (Phi) is 3.10. The van der Waals surface area contributed by atoms with Gasteiger partial charge in [0.2, 0.25) is 0 Å². The van der Waals surface area contributed by atoms with Crippen LogP contribution in [-0.2, 0) is 13.6 Å². The summed E-state index contributed by atoms with van der Waals surface area (Å²) in [6, 6.07) is 1.98. The number of aryl methyl sites for hydroxylation is 2. The molecule has 2 heterocycles. The molecule has 2 rings (SSSR count). The molecule has 0 aliphatic rings. The average molecular weight is 237 g/mol. The molecule has 0 aromatic carbocycles. The van der Waals surface area contributed by atoms with Gasteiger partial charge in [0.05, 0.1) is 30.5 Å². The number of hydrogen-bond donors (Lipinski definition) is 1. The van der Waals surface area contributed by atoms with Crippen molar-refractivity contribution in [1.29, 1.82) is 0 Å². The van der Waals surface area contributed by atoms with Crippen molar-refractivity contribution >= 4 is 17.3 Å². The maximum absolute atomic E-state index is 5.85. The molecule has 0 atom stereocenters. The van der Waals surface area contributed by atoms with Gasteiger partial charge in [-0.15, -0.1) is 0 Å². The van der Waals surface area contributed by atoms with Gasteiger partial charge in [0, 0.05) is 13.2 Å². The molecule has 0 unspecified atom stereocenters. The third-order valence-electron chi connectivity index (χ3n) is 2.40. The monoisotopic (exact) mass is 236 g/mol. The van der Waals surface area contributed by atoms with Crippen LogP contribution in [0.3, 0.4) is 0 Å². The van der Waals surface area contributed by atoms with E-state index in [9.17, 15) is 0 Å². The third-order valence-corrected chi connectivity index (χ3v) is 2.80. The Morgan fingerprint density at radius 3 is 2.88 bits per heavy atom. The molecule has 0 saturated carbocycles. The fourth-order valence-corrected chi connectivity index (χ4v) is 1.51. The number of rotatable bonds is 3. The number of aromatic nitrogens is 3. The number of nitrogens with zero attached hydrogens (tertiary/aromatic N) is 3. The molecular formula is C11H13ClN4. The van der Waals surface area contributed by atoms with E-state index in [1.54, 1.807) is 12.5 Å². The lowest BCUT2D eigenvalue weighted by Crippen LogP contribution is -2.04. The summed E-state index contributed by atoms with van der Waals surface area (Å²) in [7, 11) is 1.97. The van der Waals surface area contributed by atoms with Crippen LogP contribution in [0.2, 0.25) is 5.15 Å². The fourth-order valence-electron chi connectivity index (χ4n) is 1.40. The first-order valence-electron chi connectivity index (χ1n) is 4.98. The predicted molar refractivity (Wildman–Crippen MR) is 64.5 cm³/mol. The molecular weight excluding hydrogens is 224 g/mol. The summed E-state index contributed by atoms with van der Waals surface area (Å²) in [5, 5.41) is 3.82. The summed E-state index contributed by atoms with van der Waals surface area (Å²) < 4.78 is 1.98. The fraction of sp³-hybridized carbons (Fsp3) is 0.273. The van der Waals surface area contributed by atoms with Crippen molar-refractivity contribution in [2.24, 2.45) is 7.05 Å². The molecule has 0 amide bonds. The van der Waals surface area contributed by atoms with Crippen molar-refractivity contribution < 1.29 is 0 Å². The summed E-state index contributed by atoms with van der Waals surface area (Å²) in [6.45, 7) is 2.66. The molecule has 0 saturated heterocycles. The Morgan fingerprint density at radius 2 is 2.25 bits per heavy atom. The van der Waals surface area contributed by atoms with Gasteiger partial charge in [-0.3, -0.25) is 0 Å². The van der Waals surface area contributed by atoms with Crippen LogP contribution in [-0.4, -0.2) is 14.5 Å². The van der Waals surface area contributed by atoms with E-state index in [1.807, 2.05) is 30.8 Å². The van der Waals surface area contributed by atoms with Crippen molar-refractivity contribution in [3.63, 3.8) is 0 Å². The molecule has 0 fully saturated rings. The van der Waals surface area contributed by atoms with Crippen LogP contribution in [0.25, 0.3) is 0 Å². The minimum Gasteiger partial charge on any atom is -0.378 e. The Hall–Kier alpha value is -1.55. The van der Waals surface area contributed by atoms with Gasteiger partial charge in [-0.1, -0.05) is 11.6 Å². The van der Waals surface area contributed by atoms with Crippen LogP contribution in [0.4, 0.5) is 5.69 Å². The highest BCUT2D eigenvalue weighted by Crippen LogP contribution is 2.16. The average Bonchev–Trinajstić information content (AvgIpc) is 2.66. The molecule has 0 spiro atoms. The van der Waals surface area contributed by atoms with Crippen LogP contribution in [0.15, 0.2) is 24.8 Å². The highest BCUT2D eigenvalue weighted by Gasteiger charge is 2.01. The number of pyridine rings is 1. The normalized spacial score (nSPS) is 10.4. The molecule has 0 bridgehead atoms. The largest absolute Gasteiger partial charge is 0.378 e. The predicted octanol–water partition coefficient (Wildman–Crippen LogP) is 2.39. The standard InChI is InChI=1S/C11H13ClN4/c1-8-3-9(4-15-11(8)12)14-6-10-5-13-7-16(10)2/h3-5,7,14H,6H2,1-2H3. The second-order valence-corrected chi connectivity index (χ2v) is 4.04. The highest BCUT2D eigenvalue weighted by atomic mass is 35.5. The maximum Gasteiger partial charge on any atom is 0.132 e. The lowest BCUT2D eigenvalue weighted by molar-refractivity contribution is 0.837. The summed E-state index contributed by atoms with van der Waals surface area (Å²) in [5.41, 5.74) is 3.05. The van der Waals surface area contributed by atoms with Gasteiger partial charge in [0.1, 0.15) is 5.15 Å². The summed E-state index contributed by atoms with van der Waals surface area (Å²) in [4.78, 5) is 8.13. The minimum atomic E-state index is 0.547. The molecule has 2 aromatic heterocycles. The Balaban J connectivity index is 2.05. The molecule has 4 nitrogen and oxygen atoms in total. The smallest absolute Gasteiger partial charge is 0.132 e. The Morgan fingerprint density at radius 1 is 1.44 bits per heavy atom. The van der Waals surface area contributed by atoms with Gasteiger partial charge < -0.3 is 9.88 Å². The van der Waals surface area contributed by atoms with Crippen molar-refractivity contribution in [3.8, 4) is 0 Å². The molecule has 84 valence electrons. The van der Waals surface area contributed by atoms with Crippen LogP contribution in [0, 0.1) is 6.92 Å². The molecule has 1 N–H and O–H groups in total. The first-order valence-corrected chi connectivity index (χ1v) is 5.36. The van der Waals surface area contributed by atoms with E-state index in [1.165, 1.54) is 0 Å². The minimum absolute atomic E-state index is 0.547. The zero-order valence-corrected chi connectivity index (χ0v) is 9.99. The van der Waals surface area contributed by atoms with Gasteiger partial charge in [-0.2, -0.15) is 0 Å². The molecule has 5 heteroatoms. The topological polar surface area (TPSA) is 42.7 Å². The van der Waals surface area contributed by atoms with Gasteiger partial charge >= 0.3 is 0 Å². The van der Waals surface area contributed by atoms with E-state index in [-0.39, 0.29) is 0 Å². The lowest BCUT2D eigenvalue weighted by atomic mass is 10.3. The van der Waals surface area contributed by atoms with E-state index in [4.69, 9.17) is 11.6 Å². The van der Waals surface area contributed by atoms with Crippen LogP contribution < -0.4 is 5.32 Å². The zero-order valence-electron chi connectivity index (χ0n) is 9.24. The van der Waals surface area contributed by atoms with E-state index in [0.717, 1.165) is 23.5 Å². The Bertz CT molecular complexity index is 492. The second kappa shape index (κ2) is 4.53. The number of nitrogens with one attached hydrogen (secondary N) is 1. The van der Waals surface area contributed by atoms with E-state index in [0.29, 0.717) is 5.15 Å². The van der Waals surface area contributed by atoms with E-state index >= 15 is 0 Å². The molecule has 0 radical (unpaired) electrons. The summed E-state index contributed by atoms with van der Waals surface area (Å²) >= 11 is 5.85. The van der Waals surface area contributed by atoms with Crippen molar-refractivity contribution in [1.82, 2.24) is 14.5 Å². The van der Waals surface area contributed by atoms with E-state index < -0.39 is 0 Å². The molecule has 16 heavy (non-hydrogen) atoms.